The molecule has 38 heavy (non-hydrogen) atoms. The number of thiophene rings is 1. The molecule has 198 valence electrons. The van der Waals surface area contributed by atoms with Gasteiger partial charge < -0.3 is 9.64 Å². The number of amides is 2. The fourth-order valence-electron chi connectivity index (χ4n) is 6.93. The number of pyridine rings is 1. The summed E-state index contributed by atoms with van der Waals surface area (Å²) in [4.78, 5) is 36.7. The largest absolute Gasteiger partial charge is 0.489 e. The third-order valence-electron chi connectivity index (χ3n) is 9.07. The molecule has 2 aromatic heterocycles. The smallest absolute Gasteiger partial charge is 0.230 e. The first-order valence-corrected chi connectivity index (χ1v) is 14.7. The molecule has 1 atom stereocenters. The standard InChI is InChI=1S/C29H31ClN4O3S/c1-17-14-31-22-12-20(16-34-24(35)4-5-25(34)36)38-28(22)26(17)21-10-18(30)11-23-27(21)33(8-9-37-23)19-13-29(6-3-7-29)32(2)15-19/h10-12,14,19H,3-9,13,15-16H2,1-2H3/t19-/m1/s1. The number of benzene rings is 1. The number of imide groups is 1. The van der Waals surface area contributed by atoms with E-state index in [-0.39, 0.29) is 11.8 Å². The molecule has 1 saturated carbocycles. The Hall–Kier alpha value is -2.68. The fraction of sp³-hybridized carbons (Fsp3) is 0.483. The lowest BCUT2D eigenvalue weighted by Gasteiger charge is -2.44. The van der Waals surface area contributed by atoms with Crippen molar-refractivity contribution in [3.63, 3.8) is 0 Å². The third kappa shape index (κ3) is 3.75. The zero-order chi connectivity index (χ0) is 26.2. The van der Waals surface area contributed by atoms with Crippen LogP contribution in [0.2, 0.25) is 5.02 Å². The Balaban J connectivity index is 1.33. The van der Waals surface area contributed by atoms with Crippen LogP contribution in [0, 0.1) is 6.92 Å². The molecule has 1 aromatic carbocycles. The first-order valence-electron chi connectivity index (χ1n) is 13.5. The average Bonchev–Trinajstić information content (AvgIpc) is 3.54. The number of hydrogen-bond donors (Lipinski definition) is 0. The van der Waals surface area contributed by atoms with Gasteiger partial charge in [-0.25, -0.2) is 0 Å². The summed E-state index contributed by atoms with van der Waals surface area (Å²) in [5, 5.41) is 0.647. The number of ether oxygens (including phenoxy) is 1. The van der Waals surface area contributed by atoms with E-state index in [1.807, 2.05) is 18.3 Å². The Morgan fingerprint density at radius 2 is 1.97 bits per heavy atom. The Morgan fingerprint density at radius 3 is 2.68 bits per heavy atom. The molecule has 0 unspecified atom stereocenters. The van der Waals surface area contributed by atoms with Crippen LogP contribution in [0.5, 0.6) is 5.75 Å². The maximum Gasteiger partial charge on any atom is 0.230 e. The van der Waals surface area contributed by atoms with Crippen molar-refractivity contribution in [3.05, 3.63) is 39.9 Å². The highest BCUT2D eigenvalue weighted by Crippen LogP contribution is 2.51. The second kappa shape index (κ2) is 8.93. The summed E-state index contributed by atoms with van der Waals surface area (Å²) in [5.74, 6) is 0.643. The number of anilines is 1. The first kappa shape index (κ1) is 24.4. The van der Waals surface area contributed by atoms with Crippen LogP contribution in [-0.2, 0) is 16.1 Å². The van der Waals surface area contributed by atoms with Gasteiger partial charge in [0.15, 0.2) is 0 Å². The molecule has 1 aliphatic carbocycles. The van der Waals surface area contributed by atoms with E-state index in [0.29, 0.717) is 42.6 Å². The van der Waals surface area contributed by atoms with Gasteiger partial charge in [-0.2, -0.15) is 0 Å². The topological polar surface area (TPSA) is 66.0 Å². The van der Waals surface area contributed by atoms with Gasteiger partial charge in [-0.05, 0) is 57.4 Å². The summed E-state index contributed by atoms with van der Waals surface area (Å²) in [7, 11) is 2.28. The molecule has 7 rings (SSSR count). The van der Waals surface area contributed by atoms with E-state index >= 15 is 0 Å². The van der Waals surface area contributed by atoms with Crippen LogP contribution >= 0.6 is 22.9 Å². The Morgan fingerprint density at radius 1 is 1.18 bits per heavy atom. The summed E-state index contributed by atoms with van der Waals surface area (Å²) in [6, 6.07) is 6.45. The monoisotopic (exact) mass is 550 g/mol. The van der Waals surface area contributed by atoms with Crippen molar-refractivity contribution in [3.8, 4) is 16.9 Å². The van der Waals surface area contributed by atoms with Gasteiger partial charge in [-0.1, -0.05) is 11.6 Å². The van der Waals surface area contributed by atoms with Crippen LogP contribution in [0.1, 0.15) is 49.0 Å². The summed E-state index contributed by atoms with van der Waals surface area (Å²) >= 11 is 8.30. The number of likely N-dealkylation sites (N-methyl/N-ethyl adjacent to an activating group) is 1. The Labute approximate surface area is 231 Å². The predicted octanol–water partition coefficient (Wildman–Crippen LogP) is 5.40. The molecule has 3 aromatic rings. The summed E-state index contributed by atoms with van der Waals surface area (Å²) in [6.07, 6.45) is 7.58. The average molecular weight is 551 g/mol. The van der Waals surface area contributed by atoms with Crippen molar-refractivity contribution >= 4 is 50.7 Å². The highest BCUT2D eigenvalue weighted by atomic mass is 35.5. The quantitative estimate of drug-likeness (QED) is 0.405. The molecule has 7 nitrogen and oxygen atoms in total. The van der Waals surface area contributed by atoms with Crippen LogP contribution < -0.4 is 9.64 Å². The van der Waals surface area contributed by atoms with E-state index in [1.54, 1.807) is 11.3 Å². The molecule has 2 saturated heterocycles. The minimum atomic E-state index is -0.0979. The molecular weight excluding hydrogens is 520 g/mol. The number of nitrogens with zero attached hydrogens (tertiary/aromatic N) is 4. The number of halogens is 1. The summed E-state index contributed by atoms with van der Waals surface area (Å²) in [5.41, 5.74) is 5.57. The number of hydrogen-bond acceptors (Lipinski definition) is 7. The molecule has 1 spiro atoms. The second-order valence-corrected chi connectivity index (χ2v) is 12.8. The van der Waals surface area contributed by atoms with Crippen LogP contribution in [0.15, 0.2) is 24.4 Å². The maximum absolute atomic E-state index is 12.3. The molecule has 0 bridgehead atoms. The van der Waals surface area contributed by atoms with E-state index in [9.17, 15) is 9.59 Å². The zero-order valence-electron chi connectivity index (χ0n) is 21.8. The van der Waals surface area contributed by atoms with Crippen LogP contribution in [0.4, 0.5) is 5.69 Å². The van der Waals surface area contributed by atoms with Gasteiger partial charge in [-0.15, -0.1) is 11.3 Å². The normalized spacial score (nSPS) is 22.9. The van der Waals surface area contributed by atoms with E-state index < -0.39 is 0 Å². The lowest BCUT2D eigenvalue weighted by atomic mass is 9.74. The van der Waals surface area contributed by atoms with Crippen molar-refractivity contribution in [1.82, 2.24) is 14.8 Å². The van der Waals surface area contributed by atoms with Crippen molar-refractivity contribution in [1.29, 1.82) is 0 Å². The van der Waals surface area contributed by atoms with Crippen molar-refractivity contribution in [2.45, 2.75) is 63.6 Å². The number of aromatic nitrogens is 1. The summed E-state index contributed by atoms with van der Waals surface area (Å²) < 4.78 is 7.26. The van der Waals surface area contributed by atoms with Gasteiger partial charge in [-0.3, -0.25) is 24.4 Å². The molecule has 2 amide bonds. The Bertz CT molecular complexity index is 1470. The molecule has 3 fully saturated rings. The lowest BCUT2D eigenvalue weighted by Crippen LogP contribution is -2.47. The SMILES string of the molecule is Cc1cnc2cc(CN3C(=O)CCC3=O)sc2c1-c1cc(Cl)cc2c1N([C@H]1CN(C)C3(CCC3)C1)CCO2. The number of carbonyl (C=O) groups excluding carboxylic acids is 2. The third-order valence-corrected chi connectivity index (χ3v) is 10.4. The molecule has 9 heteroatoms. The van der Waals surface area contributed by atoms with Gasteiger partial charge in [0.25, 0.3) is 0 Å². The molecule has 5 heterocycles. The van der Waals surface area contributed by atoms with Gasteiger partial charge in [0, 0.05) is 64.3 Å². The number of fused-ring (bicyclic) bond motifs is 2. The summed E-state index contributed by atoms with van der Waals surface area (Å²) in [6.45, 7) is 4.93. The van der Waals surface area contributed by atoms with E-state index in [2.05, 4.69) is 29.8 Å². The number of aryl methyl sites for hydroxylation is 1. The number of likely N-dealkylation sites (tertiary alicyclic amines) is 2. The maximum atomic E-state index is 12.3. The van der Waals surface area contributed by atoms with E-state index in [1.165, 1.54) is 30.6 Å². The molecule has 3 aliphatic heterocycles. The molecule has 0 radical (unpaired) electrons. The molecule has 4 aliphatic rings. The minimum Gasteiger partial charge on any atom is -0.489 e. The van der Waals surface area contributed by atoms with E-state index in [0.717, 1.165) is 56.3 Å². The Kier molecular flexibility index (Phi) is 5.73. The predicted molar refractivity (Wildman–Crippen MR) is 150 cm³/mol. The van der Waals surface area contributed by atoms with Crippen molar-refractivity contribution in [2.75, 3.05) is 31.6 Å². The van der Waals surface area contributed by atoms with Crippen LogP contribution in [0.3, 0.4) is 0 Å². The van der Waals surface area contributed by atoms with Gasteiger partial charge in [0.1, 0.15) is 12.4 Å². The molecular formula is C29H31ClN4O3S. The van der Waals surface area contributed by atoms with Crippen molar-refractivity contribution < 1.29 is 14.3 Å². The highest BCUT2D eigenvalue weighted by Gasteiger charge is 2.49. The van der Waals surface area contributed by atoms with Gasteiger partial charge in [0.05, 0.1) is 29.0 Å². The van der Waals surface area contributed by atoms with E-state index in [4.69, 9.17) is 21.3 Å². The lowest BCUT2D eigenvalue weighted by molar-refractivity contribution is -0.138. The highest BCUT2D eigenvalue weighted by molar-refractivity contribution is 7.19. The van der Waals surface area contributed by atoms with Gasteiger partial charge >= 0.3 is 0 Å². The number of rotatable bonds is 4. The van der Waals surface area contributed by atoms with Gasteiger partial charge in [0.2, 0.25) is 11.8 Å². The fourth-order valence-corrected chi connectivity index (χ4v) is 8.36. The minimum absolute atomic E-state index is 0.0979. The molecule has 0 N–H and O–H groups in total. The second-order valence-electron chi connectivity index (χ2n) is 11.3. The first-order chi connectivity index (χ1) is 18.3. The van der Waals surface area contributed by atoms with Crippen LogP contribution in [0.25, 0.3) is 21.3 Å². The number of carbonyl (C=O) groups is 2. The van der Waals surface area contributed by atoms with Crippen molar-refractivity contribution in [2.24, 2.45) is 0 Å². The van der Waals surface area contributed by atoms with Crippen LogP contribution in [-0.4, -0.2) is 64.9 Å². The zero-order valence-corrected chi connectivity index (χ0v) is 23.3.